The van der Waals surface area contributed by atoms with Gasteiger partial charge in [0.2, 0.25) is 0 Å². The van der Waals surface area contributed by atoms with Crippen LogP contribution in [0.4, 0.5) is 11.4 Å². The third-order valence-corrected chi connectivity index (χ3v) is 3.40. The predicted molar refractivity (Wildman–Crippen MR) is 90.2 cm³/mol. The van der Waals surface area contributed by atoms with E-state index in [1.165, 1.54) is 5.56 Å². The van der Waals surface area contributed by atoms with Crippen molar-refractivity contribution in [1.29, 1.82) is 0 Å². The third-order valence-electron chi connectivity index (χ3n) is 3.40. The fraction of sp³-hybridized carbons (Fsp3) is 0.278. The highest BCUT2D eigenvalue weighted by atomic mass is 16.5. The van der Waals surface area contributed by atoms with Gasteiger partial charge in [-0.25, -0.2) is 0 Å². The lowest BCUT2D eigenvalue weighted by Gasteiger charge is -2.11. The van der Waals surface area contributed by atoms with E-state index in [2.05, 4.69) is 19.2 Å². The topological polar surface area (TPSA) is 64.3 Å². The van der Waals surface area contributed by atoms with E-state index in [4.69, 9.17) is 10.5 Å². The molecule has 0 fully saturated rings. The molecule has 0 unspecified atom stereocenters. The minimum Gasteiger partial charge on any atom is -0.484 e. The normalized spacial score (nSPS) is 10.5. The van der Waals surface area contributed by atoms with E-state index in [1.54, 1.807) is 6.07 Å². The number of benzene rings is 2. The Balaban J connectivity index is 1.89. The van der Waals surface area contributed by atoms with Gasteiger partial charge in [0.15, 0.2) is 6.61 Å². The molecule has 0 bridgehead atoms. The van der Waals surface area contributed by atoms with Crippen molar-refractivity contribution in [2.24, 2.45) is 0 Å². The van der Waals surface area contributed by atoms with Crippen molar-refractivity contribution in [3.63, 3.8) is 0 Å². The van der Waals surface area contributed by atoms with Gasteiger partial charge in [-0.15, -0.1) is 0 Å². The number of carbonyl (C=O) groups is 1. The van der Waals surface area contributed by atoms with E-state index in [-0.39, 0.29) is 12.5 Å². The molecule has 4 nitrogen and oxygen atoms in total. The number of hydrogen-bond acceptors (Lipinski definition) is 3. The minimum atomic E-state index is -0.233. The number of nitrogens with two attached hydrogens (primary N) is 1. The molecule has 0 saturated heterocycles. The second-order valence-corrected chi connectivity index (χ2v) is 5.65. The van der Waals surface area contributed by atoms with Crippen LogP contribution < -0.4 is 15.8 Å². The molecule has 4 heteroatoms. The van der Waals surface area contributed by atoms with Gasteiger partial charge in [-0.1, -0.05) is 32.0 Å². The number of aryl methyl sites for hydroxylation is 1. The number of carbonyl (C=O) groups excluding carboxylic acids is 1. The van der Waals surface area contributed by atoms with Crippen molar-refractivity contribution in [2.75, 3.05) is 17.7 Å². The van der Waals surface area contributed by atoms with Crippen LogP contribution in [0.3, 0.4) is 0 Å². The van der Waals surface area contributed by atoms with Gasteiger partial charge in [-0.3, -0.25) is 4.79 Å². The Morgan fingerprint density at radius 3 is 2.45 bits per heavy atom. The summed E-state index contributed by atoms with van der Waals surface area (Å²) in [6.45, 7) is 6.17. The van der Waals surface area contributed by atoms with Crippen LogP contribution in [0.15, 0.2) is 42.5 Å². The Morgan fingerprint density at radius 2 is 1.86 bits per heavy atom. The fourth-order valence-electron chi connectivity index (χ4n) is 2.08. The number of hydrogen-bond donors (Lipinski definition) is 2. The maximum absolute atomic E-state index is 11.9. The molecular formula is C18H22N2O2. The maximum atomic E-state index is 11.9. The maximum Gasteiger partial charge on any atom is 0.262 e. The van der Waals surface area contributed by atoms with Crippen molar-refractivity contribution in [3.05, 3.63) is 53.6 Å². The molecule has 2 aromatic rings. The molecule has 0 radical (unpaired) electrons. The van der Waals surface area contributed by atoms with E-state index in [0.29, 0.717) is 23.0 Å². The Morgan fingerprint density at radius 1 is 1.18 bits per heavy atom. The van der Waals surface area contributed by atoms with Crippen molar-refractivity contribution in [2.45, 2.75) is 26.7 Å². The molecule has 0 saturated carbocycles. The summed E-state index contributed by atoms with van der Waals surface area (Å²) >= 11 is 0. The summed E-state index contributed by atoms with van der Waals surface area (Å²) in [4.78, 5) is 11.9. The zero-order chi connectivity index (χ0) is 16.1. The lowest BCUT2D eigenvalue weighted by Crippen LogP contribution is -2.20. The summed E-state index contributed by atoms with van der Waals surface area (Å²) in [5, 5.41) is 2.75. The molecule has 2 aromatic carbocycles. The van der Waals surface area contributed by atoms with Crippen LogP contribution >= 0.6 is 0 Å². The van der Waals surface area contributed by atoms with Crippen LogP contribution in [-0.4, -0.2) is 12.5 Å². The molecule has 2 rings (SSSR count). The zero-order valence-electron chi connectivity index (χ0n) is 13.2. The minimum absolute atomic E-state index is 0.0473. The molecule has 116 valence electrons. The summed E-state index contributed by atoms with van der Waals surface area (Å²) in [5.74, 6) is 0.918. The Hall–Kier alpha value is -2.49. The van der Waals surface area contributed by atoms with Crippen LogP contribution in [-0.2, 0) is 4.79 Å². The van der Waals surface area contributed by atoms with Gasteiger partial charge in [0.05, 0.1) is 11.4 Å². The average molecular weight is 298 g/mol. The van der Waals surface area contributed by atoms with Gasteiger partial charge in [-0.05, 0) is 48.2 Å². The zero-order valence-corrected chi connectivity index (χ0v) is 13.2. The standard InChI is InChI=1S/C18H22N2O2/c1-12(2)14-5-7-15(8-6-14)22-11-18(21)20-17-9-4-13(3)10-16(17)19/h4-10,12H,11,19H2,1-3H3,(H,20,21). The van der Waals surface area contributed by atoms with Crippen LogP contribution in [0, 0.1) is 6.92 Å². The molecule has 1 amide bonds. The summed E-state index contributed by atoms with van der Waals surface area (Å²) < 4.78 is 5.49. The highest BCUT2D eigenvalue weighted by Gasteiger charge is 2.07. The molecule has 0 aliphatic rings. The van der Waals surface area contributed by atoms with Crippen molar-refractivity contribution in [1.82, 2.24) is 0 Å². The van der Waals surface area contributed by atoms with Crippen molar-refractivity contribution in [3.8, 4) is 5.75 Å². The largest absolute Gasteiger partial charge is 0.484 e. The molecule has 0 spiro atoms. The van der Waals surface area contributed by atoms with E-state index < -0.39 is 0 Å². The number of amides is 1. The number of nitrogen functional groups attached to an aromatic ring is 1. The molecule has 22 heavy (non-hydrogen) atoms. The van der Waals surface area contributed by atoms with E-state index in [9.17, 15) is 4.79 Å². The SMILES string of the molecule is Cc1ccc(NC(=O)COc2ccc(C(C)C)cc2)c(N)c1. The van der Waals surface area contributed by atoms with Gasteiger partial charge in [0.25, 0.3) is 5.91 Å². The predicted octanol–water partition coefficient (Wildman–Crippen LogP) is 3.72. The summed E-state index contributed by atoms with van der Waals surface area (Å²) in [7, 11) is 0. The van der Waals surface area contributed by atoms with Gasteiger partial charge in [0, 0.05) is 0 Å². The quantitative estimate of drug-likeness (QED) is 0.827. The molecule has 0 aliphatic carbocycles. The lowest BCUT2D eigenvalue weighted by atomic mass is 10.0. The van der Waals surface area contributed by atoms with E-state index >= 15 is 0 Å². The van der Waals surface area contributed by atoms with Crippen molar-refractivity contribution >= 4 is 17.3 Å². The van der Waals surface area contributed by atoms with Crippen LogP contribution in [0.2, 0.25) is 0 Å². The summed E-state index contributed by atoms with van der Waals surface area (Å²) in [6, 6.07) is 13.3. The Labute approximate surface area is 131 Å². The average Bonchev–Trinajstić information content (AvgIpc) is 2.48. The van der Waals surface area contributed by atoms with Crippen LogP contribution in [0.5, 0.6) is 5.75 Å². The summed E-state index contributed by atoms with van der Waals surface area (Å²) in [6.07, 6.45) is 0. The first-order valence-corrected chi connectivity index (χ1v) is 7.34. The van der Waals surface area contributed by atoms with Gasteiger partial charge >= 0.3 is 0 Å². The van der Waals surface area contributed by atoms with Gasteiger partial charge in [0.1, 0.15) is 5.75 Å². The number of ether oxygens (including phenoxy) is 1. The highest BCUT2D eigenvalue weighted by molar-refractivity contribution is 5.94. The van der Waals surface area contributed by atoms with Crippen LogP contribution in [0.25, 0.3) is 0 Å². The molecule has 3 N–H and O–H groups in total. The van der Waals surface area contributed by atoms with E-state index in [0.717, 1.165) is 5.56 Å². The second kappa shape index (κ2) is 6.98. The first-order valence-electron chi connectivity index (χ1n) is 7.34. The second-order valence-electron chi connectivity index (χ2n) is 5.65. The van der Waals surface area contributed by atoms with Crippen LogP contribution in [0.1, 0.15) is 30.9 Å². The first-order chi connectivity index (χ1) is 10.5. The Bertz CT molecular complexity index is 649. The van der Waals surface area contributed by atoms with Gasteiger partial charge < -0.3 is 15.8 Å². The molecular weight excluding hydrogens is 276 g/mol. The molecule has 0 aliphatic heterocycles. The number of rotatable bonds is 5. The molecule has 0 aromatic heterocycles. The number of anilines is 2. The number of nitrogens with one attached hydrogen (secondary N) is 1. The van der Waals surface area contributed by atoms with Crippen molar-refractivity contribution < 1.29 is 9.53 Å². The van der Waals surface area contributed by atoms with E-state index in [1.807, 2.05) is 43.3 Å². The Kier molecular flexibility index (Phi) is 5.04. The first kappa shape index (κ1) is 15.9. The monoisotopic (exact) mass is 298 g/mol. The van der Waals surface area contributed by atoms with Gasteiger partial charge in [-0.2, -0.15) is 0 Å². The molecule has 0 heterocycles. The highest BCUT2D eigenvalue weighted by Crippen LogP contribution is 2.20. The summed E-state index contributed by atoms with van der Waals surface area (Å²) in [5.41, 5.74) is 9.32. The fourth-order valence-corrected chi connectivity index (χ4v) is 2.08. The lowest BCUT2D eigenvalue weighted by molar-refractivity contribution is -0.118. The smallest absolute Gasteiger partial charge is 0.262 e. The third kappa shape index (κ3) is 4.25. The molecule has 0 atom stereocenters.